The topological polar surface area (TPSA) is 20.3 Å². The minimum Gasteiger partial charge on any atom is -0.304 e. The van der Waals surface area contributed by atoms with Crippen molar-refractivity contribution in [1.29, 1.82) is 0 Å². The fourth-order valence-corrected chi connectivity index (χ4v) is 3.95. The van der Waals surface area contributed by atoms with Crippen LogP contribution < -0.4 is 4.90 Å². The first-order valence-electron chi connectivity index (χ1n) is 9.02. The third-order valence-corrected chi connectivity index (χ3v) is 5.55. The van der Waals surface area contributed by atoms with Gasteiger partial charge in [-0.2, -0.15) is 0 Å². The van der Waals surface area contributed by atoms with Crippen molar-refractivity contribution in [1.82, 2.24) is 0 Å². The molecule has 4 rings (SSSR count). The van der Waals surface area contributed by atoms with Crippen molar-refractivity contribution in [2.75, 3.05) is 4.90 Å². The lowest BCUT2D eigenvalue weighted by molar-refractivity contribution is 0.0986. The summed E-state index contributed by atoms with van der Waals surface area (Å²) in [4.78, 5) is 15.4. The Balaban J connectivity index is 1.82. The first-order valence-corrected chi connectivity index (χ1v) is 10.2. The van der Waals surface area contributed by atoms with Crippen LogP contribution in [0.2, 0.25) is 15.1 Å². The molecule has 0 radical (unpaired) electrons. The summed E-state index contributed by atoms with van der Waals surface area (Å²) >= 11 is 18.6. The summed E-state index contributed by atoms with van der Waals surface area (Å²) in [5, 5.41) is 3.52. The minimum absolute atomic E-state index is 0.130. The summed E-state index contributed by atoms with van der Waals surface area (Å²) in [6.45, 7) is 0.290. The maximum absolute atomic E-state index is 13.7. The molecule has 144 valence electrons. The number of amides is 1. The van der Waals surface area contributed by atoms with Crippen molar-refractivity contribution in [2.24, 2.45) is 0 Å². The summed E-state index contributed by atoms with van der Waals surface area (Å²) in [5.41, 5.74) is 2.11. The molecule has 0 heterocycles. The number of carbonyl (C=O) groups excluding carboxylic acids is 1. The highest BCUT2D eigenvalue weighted by atomic mass is 35.5. The zero-order valence-corrected chi connectivity index (χ0v) is 17.5. The monoisotopic (exact) mass is 439 g/mol. The van der Waals surface area contributed by atoms with Crippen molar-refractivity contribution in [3.05, 3.63) is 111 Å². The molecule has 0 fully saturated rings. The number of hydrogen-bond acceptors (Lipinski definition) is 1. The van der Waals surface area contributed by atoms with Crippen LogP contribution in [0.1, 0.15) is 15.9 Å². The molecule has 1 amide bonds. The summed E-state index contributed by atoms with van der Waals surface area (Å²) in [7, 11) is 0. The molecule has 0 aliphatic carbocycles. The number of nitrogens with zero attached hydrogens (tertiary/aromatic N) is 1. The Morgan fingerprint density at radius 1 is 0.759 bits per heavy atom. The van der Waals surface area contributed by atoms with Gasteiger partial charge in [0.1, 0.15) is 0 Å². The third-order valence-electron chi connectivity index (χ3n) is 4.73. The van der Waals surface area contributed by atoms with Gasteiger partial charge in [0.25, 0.3) is 5.91 Å². The van der Waals surface area contributed by atoms with Crippen LogP contribution in [0.25, 0.3) is 10.8 Å². The first-order chi connectivity index (χ1) is 14.0. The number of rotatable bonds is 4. The standard InChI is InChI=1S/C24H16Cl3NO/c25-18-7-4-8-20(13-18)28(15-17-11-12-19(26)14-23(17)27)24(29)22-10-3-6-16-5-1-2-9-21(16)22/h1-14H,15H2. The molecule has 0 atom stereocenters. The molecule has 0 N–H and O–H groups in total. The third kappa shape index (κ3) is 4.25. The smallest absolute Gasteiger partial charge is 0.259 e. The number of benzene rings is 4. The second-order valence-corrected chi connectivity index (χ2v) is 7.91. The van der Waals surface area contributed by atoms with E-state index in [0.717, 1.165) is 16.3 Å². The molecule has 5 heteroatoms. The van der Waals surface area contributed by atoms with Gasteiger partial charge in [0.2, 0.25) is 0 Å². The zero-order chi connectivity index (χ0) is 20.4. The molecule has 0 spiro atoms. The Morgan fingerprint density at radius 2 is 1.48 bits per heavy atom. The summed E-state index contributed by atoms with van der Waals surface area (Å²) in [6, 6.07) is 26.1. The van der Waals surface area contributed by atoms with Gasteiger partial charge in [-0.25, -0.2) is 0 Å². The first kappa shape index (κ1) is 19.8. The van der Waals surface area contributed by atoms with Gasteiger partial charge in [0.05, 0.1) is 6.54 Å². The Kier molecular flexibility index (Phi) is 5.77. The van der Waals surface area contributed by atoms with Gasteiger partial charge in [0.15, 0.2) is 0 Å². The molecular weight excluding hydrogens is 425 g/mol. The Hall–Kier alpha value is -2.52. The zero-order valence-electron chi connectivity index (χ0n) is 15.3. The van der Waals surface area contributed by atoms with Crippen LogP contribution in [0.3, 0.4) is 0 Å². The maximum atomic E-state index is 13.7. The van der Waals surface area contributed by atoms with Crippen molar-refractivity contribution in [3.8, 4) is 0 Å². The van der Waals surface area contributed by atoms with E-state index in [4.69, 9.17) is 34.8 Å². The van der Waals surface area contributed by atoms with Gasteiger partial charge >= 0.3 is 0 Å². The Bertz CT molecular complexity index is 1200. The van der Waals surface area contributed by atoms with Crippen molar-refractivity contribution >= 4 is 57.2 Å². The highest BCUT2D eigenvalue weighted by molar-refractivity contribution is 6.35. The highest BCUT2D eigenvalue weighted by Gasteiger charge is 2.21. The van der Waals surface area contributed by atoms with Crippen LogP contribution in [0, 0.1) is 0 Å². The molecule has 2 nitrogen and oxygen atoms in total. The number of anilines is 1. The van der Waals surface area contributed by atoms with Crippen LogP contribution in [-0.4, -0.2) is 5.91 Å². The summed E-state index contributed by atoms with van der Waals surface area (Å²) in [5.74, 6) is -0.130. The number of carbonyl (C=O) groups is 1. The quantitative estimate of drug-likeness (QED) is 0.319. The lowest BCUT2D eigenvalue weighted by Crippen LogP contribution is -2.30. The van der Waals surface area contributed by atoms with E-state index in [0.29, 0.717) is 32.9 Å². The molecule has 29 heavy (non-hydrogen) atoms. The van der Waals surface area contributed by atoms with Crippen molar-refractivity contribution in [2.45, 2.75) is 6.54 Å². The fraction of sp³-hybridized carbons (Fsp3) is 0.0417. The summed E-state index contributed by atoms with van der Waals surface area (Å²) < 4.78 is 0. The minimum atomic E-state index is -0.130. The molecule has 4 aromatic carbocycles. The lowest BCUT2D eigenvalue weighted by Gasteiger charge is -2.24. The molecule has 0 saturated carbocycles. The van der Waals surface area contributed by atoms with E-state index in [1.165, 1.54) is 0 Å². The maximum Gasteiger partial charge on any atom is 0.259 e. The van der Waals surface area contributed by atoms with Crippen molar-refractivity contribution < 1.29 is 4.79 Å². The molecule has 0 unspecified atom stereocenters. The Morgan fingerprint density at radius 3 is 2.28 bits per heavy atom. The molecule has 0 bridgehead atoms. The molecule has 4 aromatic rings. The van der Waals surface area contributed by atoms with E-state index in [-0.39, 0.29) is 5.91 Å². The van der Waals surface area contributed by atoms with Gasteiger partial charge in [-0.3, -0.25) is 4.79 Å². The van der Waals surface area contributed by atoms with E-state index in [2.05, 4.69) is 0 Å². The van der Waals surface area contributed by atoms with Crippen LogP contribution >= 0.6 is 34.8 Å². The van der Waals surface area contributed by atoms with Crippen LogP contribution in [0.15, 0.2) is 84.9 Å². The fourth-order valence-electron chi connectivity index (χ4n) is 3.30. The second kappa shape index (κ2) is 8.46. The molecule has 0 aliphatic heterocycles. The lowest BCUT2D eigenvalue weighted by atomic mass is 10.0. The summed E-state index contributed by atoms with van der Waals surface area (Å²) in [6.07, 6.45) is 0. The van der Waals surface area contributed by atoms with E-state index in [9.17, 15) is 4.79 Å². The van der Waals surface area contributed by atoms with Gasteiger partial charge in [-0.1, -0.05) is 83.3 Å². The van der Waals surface area contributed by atoms with E-state index in [1.807, 2.05) is 60.7 Å². The number of halogens is 3. The van der Waals surface area contributed by atoms with Gasteiger partial charge in [-0.05, 0) is 52.7 Å². The second-order valence-electron chi connectivity index (χ2n) is 6.63. The molecular formula is C24H16Cl3NO. The number of fused-ring (bicyclic) bond motifs is 1. The normalized spacial score (nSPS) is 10.9. The highest BCUT2D eigenvalue weighted by Crippen LogP contribution is 2.29. The van der Waals surface area contributed by atoms with E-state index >= 15 is 0 Å². The molecule has 0 saturated heterocycles. The average Bonchev–Trinajstić information content (AvgIpc) is 2.72. The Labute approximate surface area is 184 Å². The molecule has 0 aliphatic rings. The predicted octanol–water partition coefficient (Wildman–Crippen LogP) is 7.65. The largest absolute Gasteiger partial charge is 0.304 e. The van der Waals surface area contributed by atoms with Crippen LogP contribution in [0.4, 0.5) is 5.69 Å². The SMILES string of the molecule is O=C(c1cccc2ccccc12)N(Cc1ccc(Cl)cc1Cl)c1cccc(Cl)c1. The predicted molar refractivity (Wildman–Crippen MR) is 122 cm³/mol. The van der Waals surface area contributed by atoms with Gasteiger partial charge in [-0.15, -0.1) is 0 Å². The molecule has 0 aromatic heterocycles. The van der Waals surface area contributed by atoms with Crippen LogP contribution in [0.5, 0.6) is 0 Å². The van der Waals surface area contributed by atoms with Gasteiger partial charge in [0, 0.05) is 26.3 Å². The van der Waals surface area contributed by atoms with E-state index in [1.54, 1.807) is 29.2 Å². The van der Waals surface area contributed by atoms with Crippen molar-refractivity contribution in [3.63, 3.8) is 0 Å². The average molecular weight is 441 g/mol. The van der Waals surface area contributed by atoms with Crippen LogP contribution in [-0.2, 0) is 6.54 Å². The van der Waals surface area contributed by atoms with Gasteiger partial charge < -0.3 is 4.90 Å². The number of hydrogen-bond donors (Lipinski definition) is 0. The van der Waals surface area contributed by atoms with E-state index < -0.39 is 0 Å².